The Balaban J connectivity index is 1.73. The van der Waals surface area contributed by atoms with Crippen molar-refractivity contribution in [1.82, 2.24) is 5.32 Å². The Hall–Kier alpha value is -3.02. The predicted molar refractivity (Wildman–Crippen MR) is 94.4 cm³/mol. The van der Waals surface area contributed by atoms with Crippen molar-refractivity contribution in [2.75, 3.05) is 11.9 Å². The molecule has 5 nitrogen and oxygen atoms in total. The lowest BCUT2D eigenvalue weighted by Crippen LogP contribution is -2.31. The van der Waals surface area contributed by atoms with Gasteiger partial charge in [0.15, 0.2) is 11.3 Å². The molecule has 0 aliphatic heterocycles. The molecule has 1 heterocycles. The highest BCUT2D eigenvalue weighted by Gasteiger charge is 2.16. The van der Waals surface area contributed by atoms with E-state index < -0.39 is 17.9 Å². The normalized spacial score (nSPS) is 12.0. The number of carbonyl (C=O) groups is 1. The maximum Gasteiger partial charge on any atom is 0.319 e. The molecule has 1 atom stereocenters. The zero-order valence-electron chi connectivity index (χ0n) is 14.0. The monoisotopic (exact) mass is 342 g/mol. The number of ether oxygens (including phenoxy) is 1. The number of para-hydroxylation sites is 2. The number of hydrogen-bond acceptors (Lipinski definition) is 3. The number of benzene rings is 2. The summed E-state index contributed by atoms with van der Waals surface area (Å²) >= 11 is 0. The van der Waals surface area contributed by atoms with Crippen LogP contribution in [-0.2, 0) is 0 Å². The highest BCUT2D eigenvalue weighted by molar-refractivity contribution is 5.90. The van der Waals surface area contributed by atoms with Crippen LogP contribution >= 0.6 is 0 Å². The van der Waals surface area contributed by atoms with E-state index in [1.807, 2.05) is 31.2 Å². The molecule has 0 radical (unpaired) electrons. The topological polar surface area (TPSA) is 63.5 Å². The number of nitrogens with one attached hydrogen (secondary N) is 2. The van der Waals surface area contributed by atoms with Crippen LogP contribution in [0.3, 0.4) is 0 Å². The Bertz CT molecular complexity index is 891. The number of halogens is 1. The first-order valence-corrected chi connectivity index (χ1v) is 8.05. The summed E-state index contributed by atoms with van der Waals surface area (Å²) < 4.78 is 25.0. The Kier molecular flexibility index (Phi) is 4.88. The lowest BCUT2D eigenvalue weighted by atomic mass is 10.2. The van der Waals surface area contributed by atoms with Crippen molar-refractivity contribution in [3.05, 3.63) is 60.1 Å². The highest BCUT2D eigenvalue weighted by Crippen LogP contribution is 2.31. The van der Waals surface area contributed by atoms with Gasteiger partial charge in [-0.2, -0.15) is 0 Å². The van der Waals surface area contributed by atoms with E-state index >= 15 is 0 Å². The SMILES string of the molecule is CCOc1cccc2cc([C@@H](C)NC(=O)Nc3ccccc3F)oc12. The molecular weight excluding hydrogens is 323 g/mol. The summed E-state index contributed by atoms with van der Waals surface area (Å²) in [5.74, 6) is 0.760. The summed E-state index contributed by atoms with van der Waals surface area (Å²) in [6, 6.07) is 12.6. The van der Waals surface area contributed by atoms with Crippen LogP contribution in [0.25, 0.3) is 11.0 Å². The molecule has 0 saturated carbocycles. The number of hydrogen-bond donors (Lipinski definition) is 2. The van der Waals surface area contributed by atoms with E-state index in [1.165, 1.54) is 12.1 Å². The van der Waals surface area contributed by atoms with Crippen molar-refractivity contribution in [2.24, 2.45) is 0 Å². The predicted octanol–water partition coefficient (Wildman–Crippen LogP) is 4.85. The zero-order chi connectivity index (χ0) is 17.8. The average molecular weight is 342 g/mol. The second kappa shape index (κ2) is 7.25. The number of rotatable bonds is 5. The minimum atomic E-state index is -0.511. The fourth-order valence-electron chi connectivity index (χ4n) is 2.53. The number of amides is 2. The largest absolute Gasteiger partial charge is 0.490 e. The lowest BCUT2D eigenvalue weighted by molar-refractivity contribution is 0.247. The highest BCUT2D eigenvalue weighted by atomic mass is 19.1. The molecule has 2 amide bonds. The van der Waals surface area contributed by atoms with Crippen LogP contribution in [0.1, 0.15) is 25.6 Å². The van der Waals surface area contributed by atoms with Gasteiger partial charge in [0.25, 0.3) is 0 Å². The minimum Gasteiger partial charge on any atom is -0.490 e. The third kappa shape index (κ3) is 3.74. The van der Waals surface area contributed by atoms with Crippen molar-refractivity contribution in [3.8, 4) is 5.75 Å². The van der Waals surface area contributed by atoms with Crippen molar-refractivity contribution >= 4 is 22.7 Å². The molecule has 25 heavy (non-hydrogen) atoms. The Morgan fingerprint density at radius 2 is 2.04 bits per heavy atom. The van der Waals surface area contributed by atoms with E-state index in [-0.39, 0.29) is 5.69 Å². The summed E-state index contributed by atoms with van der Waals surface area (Å²) in [4.78, 5) is 12.1. The fourth-order valence-corrected chi connectivity index (χ4v) is 2.53. The molecule has 6 heteroatoms. The number of fused-ring (bicyclic) bond motifs is 1. The molecular formula is C19H19FN2O3. The van der Waals surface area contributed by atoms with Crippen LogP contribution in [0.4, 0.5) is 14.9 Å². The Morgan fingerprint density at radius 3 is 2.80 bits per heavy atom. The number of carbonyl (C=O) groups excluding carboxylic acids is 1. The Labute approximate surface area is 144 Å². The summed E-state index contributed by atoms with van der Waals surface area (Å²) in [6.07, 6.45) is 0. The van der Waals surface area contributed by atoms with Crippen LogP contribution in [-0.4, -0.2) is 12.6 Å². The van der Waals surface area contributed by atoms with Gasteiger partial charge in [-0.1, -0.05) is 24.3 Å². The smallest absolute Gasteiger partial charge is 0.319 e. The van der Waals surface area contributed by atoms with Gasteiger partial charge in [0.05, 0.1) is 18.3 Å². The molecule has 2 aromatic carbocycles. The maximum atomic E-state index is 13.6. The lowest BCUT2D eigenvalue weighted by Gasteiger charge is -2.13. The van der Waals surface area contributed by atoms with Gasteiger partial charge in [-0.15, -0.1) is 0 Å². The van der Waals surface area contributed by atoms with Crippen LogP contribution < -0.4 is 15.4 Å². The molecule has 0 bridgehead atoms. The van der Waals surface area contributed by atoms with Crippen LogP contribution in [0.2, 0.25) is 0 Å². The van der Waals surface area contributed by atoms with Gasteiger partial charge in [-0.05, 0) is 38.1 Å². The first-order chi connectivity index (χ1) is 12.1. The van der Waals surface area contributed by atoms with Crippen molar-refractivity contribution < 1.29 is 18.3 Å². The first kappa shape index (κ1) is 16.8. The third-order valence-corrected chi connectivity index (χ3v) is 3.72. The summed E-state index contributed by atoms with van der Waals surface area (Å²) in [5, 5.41) is 6.11. The zero-order valence-corrected chi connectivity index (χ0v) is 14.0. The standard InChI is InChI=1S/C19H19FN2O3/c1-3-24-16-10-6-7-13-11-17(25-18(13)16)12(2)21-19(23)22-15-9-5-4-8-14(15)20/h4-12H,3H2,1-2H3,(H2,21,22,23)/t12-/m1/s1. The molecule has 0 aliphatic rings. The second-order valence-electron chi connectivity index (χ2n) is 5.56. The maximum absolute atomic E-state index is 13.6. The number of urea groups is 1. The van der Waals surface area contributed by atoms with Gasteiger partial charge in [0, 0.05) is 5.39 Å². The van der Waals surface area contributed by atoms with E-state index in [0.717, 1.165) is 5.39 Å². The van der Waals surface area contributed by atoms with Gasteiger partial charge >= 0.3 is 6.03 Å². The van der Waals surface area contributed by atoms with E-state index in [4.69, 9.17) is 9.15 Å². The van der Waals surface area contributed by atoms with Gasteiger partial charge in [0.1, 0.15) is 11.6 Å². The minimum absolute atomic E-state index is 0.121. The van der Waals surface area contributed by atoms with Gasteiger partial charge in [0.2, 0.25) is 0 Å². The van der Waals surface area contributed by atoms with Crippen molar-refractivity contribution in [1.29, 1.82) is 0 Å². The van der Waals surface area contributed by atoms with Crippen molar-refractivity contribution in [3.63, 3.8) is 0 Å². The molecule has 0 fully saturated rings. The van der Waals surface area contributed by atoms with Crippen LogP contribution in [0.5, 0.6) is 5.75 Å². The fraction of sp³-hybridized carbons (Fsp3) is 0.211. The Morgan fingerprint density at radius 1 is 1.24 bits per heavy atom. The molecule has 0 aliphatic carbocycles. The summed E-state index contributed by atoms with van der Waals surface area (Å²) in [6.45, 7) is 4.23. The molecule has 0 saturated heterocycles. The van der Waals surface area contributed by atoms with E-state index in [2.05, 4.69) is 10.6 Å². The molecule has 3 aromatic rings. The molecule has 1 aromatic heterocycles. The molecule has 2 N–H and O–H groups in total. The van der Waals surface area contributed by atoms with Crippen molar-refractivity contribution in [2.45, 2.75) is 19.9 Å². The van der Waals surface area contributed by atoms with E-state index in [1.54, 1.807) is 19.1 Å². The molecule has 130 valence electrons. The quantitative estimate of drug-likeness (QED) is 0.696. The van der Waals surface area contributed by atoms with Crippen LogP contribution in [0.15, 0.2) is 52.9 Å². The average Bonchev–Trinajstić information content (AvgIpc) is 3.03. The number of anilines is 1. The molecule has 0 spiro atoms. The van der Waals surface area contributed by atoms with Gasteiger partial charge < -0.3 is 19.8 Å². The van der Waals surface area contributed by atoms with E-state index in [9.17, 15) is 9.18 Å². The summed E-state index contributed by atoms with van der Waals surface area (Å²) in [7, 11) is 0. The number of furan rings is 1. The van der Waals surface area contributed by atoms with Gasteiger partial charge in [-0.3, -0.25) is 0 Å². The second-order valence-corrected chi connectivity index (χ2v) is 5.56. The molecule has 3 rings (SSSR count). The van der Waals surface area contributed by atoms with E-state index in [0.29, 0.717) is 23.7 Å². The first-order valence-electron chi connectivity index (χ1n) is 8.05. The third-order valence-electron chi connectivity index (χ3n) is 3.72. The molecule has 0 unspecified atom stereocenters. The van der Waals surface area contributed by atoms with Crippen LogP contribution in [0, 0.1) is 5.82 Å². The van der Waals surface area contributed by atoms with Gasteiger partial charge in [-0.25, -0.2) is 9.18 Å². The summed E-state index contributed by atoms with van der Waals surface area (Å²) in [5.41, 5.74) is 0.762.